The van der Waals surface area contributed by atoms with Crippen LogP contribution in [0.15, 0.2) is 186 Å². The van der Waals surface area contributed by atoms with Crippen molar-refractivity contribution in [3.05, 3.63) is 182 Å². The molecule has 236 valence electrons. The van der Waals surface area contributed by atoms with Gasteiger partial charge in [0.25, 0.3) is 0 Å². The lowest BCUT2D eigenvalue weighted by molar-refractivity contribution is 0.670. The molecule has 0 N–H and O–H groups in total. The third-order valence-electron chi connectivity index (χ3n) is 10.8. The van der Waals surface area contributed by atoms with Gasteiger partial charge in [-0.05, 0) is 94.3 Å². The molecule has 1 aromatic heterocycles. The largest absolute Gasteiger partial charge is 0.455 e. The van der Waals surface area contributed by atoms with E-state index >= 15 is 0 Å². The zero-order chi connectivity index (χ0) is 33.5. The molecule has 0 unspecified atom stereocenters. The maximum Gasteiger partial charge on any atom is 0.143 e. The second kappa shape index (κ2) is 10.9. The van der Waals surface area contributed by atoms with Crippen molar-refractivity contribution >= 4 is 75.8 Å². The van der Waals surface area contributed by atoms with E-state index in [1.807, 2.05) is 0 Å². The quantitative estimate of drug-likeness (QED) is 0.138. The molecule has 1 heterocycles. The van der Waals surface area contributed by atoms with Crippen molar-refractivity contribution in [2.24, 2.45) is 0 Å². The van der Waals surface area contributed by atoms with Crippen molar-refractivity contribution in [1.82, 2.24) is 0 Å². The van der Waals surface area contributed by atoms with Crippen LogP contribution in [0.25, 0.3) is 109 Å². The first-order valence-corrected chi connectivity index (χ1v) is 17.6. The molecule has 1 nitrogen and oxygen atoms in total. The molecule has 0 saturated carbocycles. The predicted molar refractivity (Wildman–Crippen MR) is 218 cm³/mol. The number of hydrogen-bond acceptors (Lipinski definition) is 1. The van der Waals surface area contributed by atoms with Crippen LogP contribution in [0.2, 0.25) is 0 Å². The molecule has 51 heavy (non-hydrogen) atoms. The summed E-state index contributed by atoms with van der Waals surface area (Å²) in [7, 11) is 0. The van der Waals surface area contributed by atoms with Crippen LogP contribution in [0.1, 0.15) is 0 Å². The van der Waals surface area contributed by atoms with Crippen LogP contribution in [0, 0.1) is 0 Å². The van der Waals surface area contributed by atoms with Crippen LogP contribution in [-0.4, -0.2) is 0 Å². The van der Waals surface area contributed by atoms with Crippen LogP contribution in [-0.2, 0) is 0 Å². The molecule has 0 aliphatic carbocycles. The van der Waals surface area contributed by atoms with Crippen LogP contribution in [0.4, 0.5) is 0 Å². The van der Waals surface area contributed by atoms with Gasteiger partial charge in [0.15, 0.2) is 0 Å². The Balaban J connectivity index is 1.27. The van der Waals surface area contributed by atoms with Gasteiger partial charge in [-0.25, -0.2) is 0 Å². The van der Waals surface area contributed by atoms with Crippen molar-refractivity contribution in [3.63, 3.8) is 0 Å². The third-order valence-corrected chi connectivity index (χ3v) is 10.8. The summed E-state index contributed by atoms with van der Waals surface area (Å²) in [5.41, 5.74) is 9.07. The monoisotopic (exact) mass is 646 g/mol. The highest BCUT2D eigenvalue weighted by Crippen LogP contribution is 2.49. The second-order valence-corrected chi connectivity index (χ2v) is 13.6. The van der Waals surface area contributed by atoms with Gasteiger partial charge in [-0.3, -0.25) is 0 Å². The minimum Gasteiger partial charge on any atom is -0.455 e. The fraction of sp³-hybridized carbons (Fsp3) is 0. The zero-order valence-corrected chi connectivity index (χ0v) is 27.7. The summed E-state index contributed by atoms with van der Waals surface area (Å²) in [5, 5.41) is 14.7. The molecule has 0 saturated heterocycles. The number of benzene rings is 10. The summed E-state index contributed by atoms with van der Waals surface area (Å²) in [4.78, 5) is 0. The van der Waals surface area contributed by atoms with E-state index in [9.17, 15) is 0 Å². The molecule has 11 rings (SSSR count). The third kappa shape index (κ3) is 4.16. The number of furan rings is 1. The number of fused-ring (bicyclic) bond motifs is 10. The van der Waals surface area contributed by atoms with Crippen molar-refractivity contribution in [2.75, 3.05) is 0 Å². The lowest BCUT2D eigenvalue weighted by Gasteiger charge is -2.21. The van der Waals surface area contributed by atoms with Gasteiger partial charge >= 0.3 is 0 Å². The molecule has 0 radical (unpaired) electrons. The summed E-state index contributed by atoms with van der Waals surface area (Å²) >= 11 is 0. The number of hydrogen-bond donors (Lipinski definition) is 0. The summed E-state index contributed by atoms with van der Waals surface area (Å²) in [6.07, 6.45) is 0. The normalized spacial score (nSPS) is 11.9. The van der Waals surface area contributed by atoms with Crippen LogP contribution >= 0.6 is 0 Å². The fourth-order valence-corrected chi connectivity index (χ4v) is 8.59. The summed E-state index contributed by atoms with van der Waals surface area (Å²) in [6, 6.07) is 66.3. The van der Waals surface area contributed by atoms with Crippen LogP contribution < -0.4 is 0 Å². The van der Waals surface area contributed by atoms with Gasteiger partial charge in [0.2, 0.25) is 0 Å². The minimum absolute atomic E-state index is 0.914. The Morgan fingerprint density at radius 3 is 1.53 bits per heavy atom. The number of para-hydroxylation sites is 1. The van der Waals surface area contributed by atoms with Gasteiger partial charge in [0.05, 0.1) is 0 Å². The van der Waals surface area contributed by atoms with Crippen LogP contribution in [0.3, 0.4) is 0 Å². The molecule has 10 aromatic carbocycles. The van der Waals surface area contributed by atoms with E-state index < -0.39 is 0 Å². The Hall–Kier alpha value is -6.70. The highest BCUT2D eigenvalue weighted by atomic mass is 16.3. The first-order chi connectivity index (χ1) is 25.3. The first-order valence-electron chi connectivity index (χ1n) is 17.6. The molecule has 0 aliphatic heterocycles. The maximum atomic E-state index is 6.82. The molecular weight excluding hydrogens is 617 g/mol. The highest BCUT2D eigenvalue weighted by molar-refractivity contribution is 6.27. The van der Waals surface area contributed by atoms with E-state index in [4.69, 9.17) is 4.42 Å². The average Bonchev–Trinajstić information content (AvgIpc) is 3.60. The molecular formula is C50H30O. The van der Waals surface area contributed by atoms with Crippen LogP contribution in [0.5, 0.6) is 0 Å². The Kier molecular flexibility index (Phi) is 6.02. The van der Waals surface area contributed by atoms with Crippen molar-refractivity contribution in [3.8, 4) is 33.4 Å². The summed E-state index contributed by atoms with van der Waals surface area (Å²) in [6.45, 7) is 0. The van der Waals surface area contributed by atoms with Crippen molar-refractivity contribution in [1.29, 1.82) is 0 Å². The maximum absolute atomic E-state index is 6.82. The fourth-order valence-electron chi connectivity index (χ4n) is 8.59. The van der Waals surface area contributed by atoms with E-state index in [0.29, 0.717) is 0 Å². The number of rotatable bonds is 3. The van der Waals surface area contributed by atoms with E-state index in [0.717, 1.165) is 22.1 Å². The van der Waals surface area contributed by atoms with E-state index in [1.54, 1.807) is 0 Å². The Bertz CT molecular complexity index is 3130. The van der Waals surface area contributed by atoms with E-state index in [2.05, 4.69) is 182 Å². The van der Waals surface area contributed by atoms with Gasteiger partial charge in [0, 0.05) is 21.9 Å². The van der Waals surface area contributed by atoms with E-state index in [1.165, 1.54) is 87.1 Å². The molecule has 0 atom stereocenters. The highest BCUT2D eigenvalue weighted by Gasteiger charge is 2.22. The lowest BCUT2D eigenvalue weighted by Crippen LogP contribution is -1.93. The summed E-state index contributed by atoms with van der Waals surface area (Å²) < 4.78 is 6.82. The van der Waals surface area contributed by atoms with Gasteiger partial charge in [0.1, 0.15) is 11.2 Å². The zero-order valence-electron chi connectivity index (χ0n) is 27.7. The topological polar surface area (TPSA) is 13.1 Å². The predicted octanol–water partition coefficient (Wildman–Crippen LogP) is 14.4. The molecule has 11 aromatic rings. The molecule has 0 bridgehead atoms. The summed E-state index contributed by atoms with van der Waals surface area (Å²) in [5.74, 6) is 0. The smallest absolute Gasteiger partial charge is 0.143 e. The van der Waals surface area contributed by atoms with Gasteiger partial charge in [-0.1, -0.05) is 164 Å². The van der Waals surface area contributed by atoms with Crippen molar-refractivity contribution < 1.29 is 4.42 Å². The Morgan fingerprint density at radius 2 is 0.824 bits per heavy atom. The second-order valence-electron chi connectivity index (χ2n) is 13.6. The minimum atomic E-state index is 0.914. The Labute approximate surface area is 294 Å². The van der Waals surface area contributed by atoms with Crippen molar-refractivity contribution in [2.45, 2.75) is 0 Å². The Morgan fingerprint density at radius 1 is 0.294 bits per heavy atom. The SMILES string of the molecule is c1ccc(-c2cc3c(ccc4ccccc43)cc2-c2c3ccccc3c(-c3cccc4c3oc3ccc5ccccc5c34)c3ccccc23)cc1. The molecule has 0 spiro atoms. The lowest BCUT2D eigenvalue weighted by atomic mass is 9.82. The van der Waals surface area contributed by atoms with Gasteiger partial charge in [-0.15, -0.1) is 0 Å². The van der Waals surface area contributed by atoms with Gasteiger partial charge < -0.3 is 4.42 Å². The standard InChI is InChI=1S/C50H30O/c1-2-13-31(14-3-1)43-30-44-34(26-25-32-15-4-6-17-35(32)44)29-45(43)48-39-21-10-8-19-37(39)47(38-20-9-11-22-40(38)48)41-23-12-24-42-49-36-18-7-5-16-33(36)27-28-46(49)51-50(41)42/h1-30H. The first kappa shape index (κ1) is 28.2. The molecule has 0 fully saturated rings. The average molecular weight is 647 g/mol. The van der Waals surface area contributed by atoms with E-state index in [-0.39, 0.29) is 0 Å². The molecule has 1 heteroatoms. The molecule has 0 amide bonds. The van der Waals surface area contributed by atoms with Gasteiger partial charge in [-0.2, -0.15) is 0 Å². The molecule has 0 aliphatic rings.